The third-order valence-corrected chi connectivity index (χ3v) is 11.7. The minimum Gasteiger partial charge on any atom is -0.505 e. The summed E-state index contributed by atoms with van der Waals surface area (Å²) in [5, 5.41) is 16.4. The van der Waals surface area contributed by atoms with E-state index in [4.69, 9.17) is 9.47 Å². The molecular formula is C33H52N6O5S. The maximum Gasteiger partial charge on any atom is 0.221 e. The second-order valence-corrected chi connectivity index (χ2v) is 16.5. The zero-order valence-corrected chi connectivity index (χ0v) is 28.5. The summed E-state index contributed by atoms with van der Waals surface area (Å²) in [7, 11) is -2.20. The van der Waals surface area contributed by atoms with Crippen molar-refractivity contribution in [1.82, 2.24) is 29.8 Å². The second kappa shape index (κ2) is 14.3. The van der Waals surface area contributed by atoms with Crippen molar-refractivity contribution in [1.29, 1.82) is 0 Å². The quantitative estimate of drug-likeness (QED) is 0.422. The Hall–Kier alpha value is -2.19. The highest BCUT2D eigenvalue weighted by Gasteiger charge is 2.44. The van der Waals surface area contributed by atoms with E-state index in [9.17, 15) is 13.5 Å². The molecule has 2 saturated heterocycles. The van der Waals surface area contributed by atoms with Crippen LogP contribution in [0.3, 0.4) is 0 Å². The third-order valence-electron chi connectivity index (χ3n) is 9.45. The molecule has 3 N–H and O–H groups in total. The number of benzene rings is 1. The van der Waals surface area contributed by atoms with Crippen LogP contribution in [-0.4, -0.2) is 83.5 Å². The normalized spacial score (nSPS) is 30.2. The van der Waals surface area contributed by atoms with Crippen LogP contribution in [0.15, 0.2) is 30.6 Å². The minimum atomic E-state index is -3.74. The van der Waals surface area contributed by atoms with Crippen molar-refractivity contribution in [2.24, 2.45) is 11.3 Å². The first-order valence-electron chi connectivity index (χ1n) is 16.3. The second-order valence-electron chi connectivity index (χ2n) is 14.4. The monoisotopic (exact) mass is 644 g/mol. The zero-order chi connectivity index (χ0) is 32.4. The number of sulfonamides is 1. The summed E-state index contributed by atoms with van der Waals surface area (Å²) in [6.07, 6.45) is 6.29. The van der Waals surface area contributed by atoms with Crippen LogP contribution in [-0.2, 0) is 26.0 Å². The maximum atomic E-state index is 14.4. The number of rotatable bonds is 6. The summed E-state index contributed by atoms with van der Waals surface area (Å²) in [6, 6.07) is 6.19. The fourth-order valence-electron chi connectivity index (χ4n) is 7.43. The van der Waals surface area contributed by atoms with Gasteiger partial charge in [-0.3, -0.25) is 15.5 Å². The topological polar surface area (TPSA) is 129 Å². The minimum absolute atomic E-state index is 0.0225. The molecule has 5 rings (SSSR count). The molecule has 3 aliphatic rings. The average Bonchev–Trinajstić information content (AvgIpc) is 2.98. The van der Waals surface area contributed by atoms with Crippen LogP contribution in [0.25, 0.3) is 0 Å². The average molecular weight is 645 g/mol. The van der Waals surface area contributed by atoms with Crippen LogP contribution < -0.4 is 10.6 Å². The molecule has 4 bridgehead atoms. The number of nitrogens with one attached hydrogen (secondary N) is 2. The highest BCUT2D eigenvalue weighted by atomic mass is 32.2. The van der Waals surface area contributed by atoms with Gasteiger partial charge < -0.3 is 14.6 Å². The zero-order valence-electron chi connectivity index (χ0n) is 27.7. The fourth-order valence-corrected chi connectivity index (χ4v) is 9.46. The number of aromatic nitrogens is 2. The van der Waals surface area contributed by atoms with Crippen molar-refractivity contribution < 1.29 is 23.0 Å². The van der Waals surface area contributed by atoms with Crippen molar-refractivity contribution in [3.8, 4) is 5.75 Å². The standard InChI is InChI=1S/C33H52N6O5S/c1-22-9-7-10-23(2)31(22)28-14-30-37-32(36-28)39(21-43-6)45(41,42)27-12-8-11-24(13-27)18-38(19-29-34-16-26(40)17-35-29)25(20-44-30)15-33(3,4)5/h7,9-10,16-17,24-25,27-28,30,32,36-37,40H,8,11-15,18-21H2,1-6H3/t24?,25-,27?,28?,30?,32?/m1/s1. The molecule has 1 aliphatic carbocycles. The van der Waals surface area contributed by atoms with E-state index in [0.717, 1.165) is 36.9 Å². The van der Waals surface area contributed by atoms with Gasteiger partial charge in [0.05, 0.1) is 30.8 Å². The van der Waals surface area contributed by atoms with Gasteiger partial charge in [0, 0.05) is 32.2 Å². The molecule has 2 aromatic rings. The SMILES string of the molecule is COCN1C2NC(CC(c3c(C)cccc3C)N2)OC[C@@H](CC(C)(C)C)N(Cc2ncc(O)cn2)CC2CCCC(C2)S1(=O)=O. The van der Waals surface area contributed by atoms with Gasteiger partial charge in [-0.1, -0.05) is 45.4 Å². The Kier molecular flexibility index (Phi) is 10.8. The van der Waals surface area contributed by atoms with Crippen LogP contribution >= 0.6 is 0 Å². The number of hydrogen-bond donors (Lipinski definition) is 3. The molecule has 1 aromatic carbocycles. The van der Waals surface area contributed by atoms with Gasteiger partial charge in [0.15, 0.2) is 5.75 Å². The Morgan fingerprint density at radius 2 is 1.80 bits per heavy atom. The number of fused-ring (bicyclic) bond motifs is 4. The molecule has 2 aliphatic heterocycles. The number of ether oxygens (including phenoxy) is 2. The van der Waals surface area contributed by atoms with Gasteiger partial charge in [-0.2, -0.15) is 0 Å². The van der Waals surface area contributed by atoms with Gasteiger partial charge in [-0.05, 0) is 67.6 Å². The third kappa shape index (κ3) is 8.40. The maximum absolute atomic E-state index is 14.4. The Bertz CT molecular complexity index is 1360. The van der Waals surface area contributed by atoms with E-state index in [1.165, 1.54) is 22.3 Å². The van der Waals surface area contributed by atoms with E-state index in [1.54, 1.807) is 7.11 Å². The van der Waals surface area contributed by atoms with E-state index in [-0.39, 0.29) is 35.9 Å². The van der Waals surface area contributed by atoms with E-state index in [2.05, 4.69) is 78.3 Å². The molecule has 0 radical (unpaired) electrons. The Morgan fingerprint density at radius 1 is 1.09 bits per heavy atom. The molecule has 11 nitrogen and oxygen atoms in total. The summed E-state index contributed by atoms with van der Waals surface area (Å²) in [6.45, 7) is 12.5. The lowest BCUT2D eigenvalue weighted by Crippen LogP contribution is -2.65. The van der Waals surface area contributed by atoms with Crippen molar-refractivity contribution in [3.05, 3.63) is 53.1 Å². The van der Waals surface area contributed by atoms with Crippen molar-refractivity contribution >= 4 is 10.0 Å². The number of aromatic hydroxyl groups is 1. The van der Waals surface area contributed by atoms with Gasteiger partial charge in [-0.15, -0.1) is 4.31 Å². The fraction of sp³-hybridized carbons (Fsp3) is 0.697. The van der Waals surface area contributed by atoms with Crippen LogP contribution in [0.1, 0.15) is 87.9 Å². The first-order valence-corrected chi connectivity index (χ1v) is 17.8. The number of hydrogen-bond acceptors (Lipinski definition) is 10. The lowest BCUT2D eigenvalue weighted by Gasteiger charge is -2.44. The van der Waals surface area contributed by atoms with Crippen molar-refractivity contribution in [2.75, 3.05) is 27.0 Å². The van der Waals surface area contributed by atoms with E-state index < -0.39 is 27.8 Å². The van der Waals surface area contributed by atoms with E-state index >= 15 is 0 Å². The lowest BCUT2D eigenvalue weighted by molar-refractivity contribution is -0.0692. The Balaban J connectivity index is 1.55. The van der Waals surface area contributed by atoms with E-state index in [0.29, 0.717) is 38.2 Å². The number of methoxy groups -OCH3 is 1. The predicted octanol–water partition coefficient (Wildman–Crippen LogP) is 4.16. The first kappa shape index (κ1) is 34.2. The Morgan fingerprint density at radius 3 is 2.47 bits per heavy atom. The number of aryl methyl sites for hydroxylation is 2. The van der Waals surface area contributed by atoms with Crippen LogP contribution in [0.5, 0.6) is 5.75 Å². The van der Waals surface area contributed by atoms with Crippen LogP contribution in [0.4, 0.5) is 0 Å². The summed E-state index contributed by atoms with van der Waals surface area (Å²) < 4.78 is 42.7. The highest BCUT2D eigenvalue weighted by molar-refractivity contribution is 7.89. The molecule has 1 saturated carbocycles. The van der Waals surface area contributed by atoms with Gasteiger partial charge in [0.1, 0.15) is 25.1 Å². The van der Waals surface area contributed by atoms with Gasteiger partial charge in [0.25, 0.3) is 0 Å². The van der Waals surface area contributed by atoms with E-state index in [1.807, 2.05) is 0 Å². The van der Waals surface area contributed by atoms with Gasteiger partial charge >= 0.3 is 0 Å². The molecule has 3 heterocycles. The largest absolute Gasteiger partial charge is 0.505 e. The predicted molar refractivity (Wildman–Crippen MR) is 173 cm³/mol. The van der Waals surface area contributed by atoms with Crippen molar-refractivity contribution in [3.63, 3.8) is 0 Å². The van der Waals surface area contributed by atoms with Crippen molar-refractivity contribution in [2.45, 2.75) is 110 Å². The highest BCUT2D eigenvalue weighted by Crippen LogP contribution is 2.36. The molecule has 3 fully saturated rings. The molecule has 0 spiro atoms. The van der Waals surface area contributed by atoms with Crippen LogP contribution in [0.2, 0.25) is 0 Å². The summed E-state index contributed by atoms with van der Waals surface area (Å²) in [4.78, 5) is 11.2. The Labute approximate surface area is 269 Å². The molecule has 6 atom stereocenters. The summed E-state index contributed by atoms with van der Waals surface area (Å²) in [5.41, 5.74) is 3.51. The van der Waals surface area contributed by atoms with Gasteiger partial charge in [0.2, 0.25) is 10.0 Å². The first-order chi connectivity index (χ1) is 21.3. The molecule has 45 heavy (non-hydrogen) atoms. The molecule has 250 valence electrons. The molecule has 12 heteroatoms. The van der Waals surface area contributed by atoms with Gasteiger partial charge in [-0.25, -0.2) is 18.4 Å². The summed E-state index contributed by atoms with van der Waals surface area (Å²) in [5.74, 6) is 0.840. The lowest BCUT2D eigenvalue weighted by atomic mass is 9.85. The molecule has 5 unspecified atom stereocenters. The molecule has 1 aromatic heterocycles. The smallest absolute Gasteiger partial charge is 0.221 e. The van der Waals surface area contributed by atoms with Crippen LogP contribution in [0, 0.1) is 25.2 Å². The summed E-state index contributed by atoms with van der Waals surface area (Å²) >= 11 is 0. The molecule has 0 amide bonds. The molecular weight excluding hydrogens is 592 g/mol. The number of nitrogens with zero attached hydrogens (tertiary/aromatic N) is 4.